The van der Waals surface area contributed by atoms with Gasteiger partial charge in [-0.15, -0.1) is 11.3 Å². The van der Waals surface area contributed by atoms with Gasteiger partial charge in [0.2, 0.25) is 5.91 Å². The number of nitrogens with zero attached hydrogens (tertiary/aromatic N) is 3. The van der Waals surface area contributed by atoms with Gasteiger partial charge in [-0.1, -0.05) is 6.92 Å². The maximum atomic E-state index is 12.8. The molecule has 0 aromatic carbocycles. The number of fused-ring (bicyclic) bond motifs is 1. The van der Waals surface area contributed by atoms with Gasteiger partial charge in [0.1, 0.15) is 17.0 Å². The van der Waals surface area contributed by atoms with Gasteiger partial charge in [0.15, 0.2) is 0 Å². The van der Waals surface area contributed by atoms with Crippen LogP contribution in [0.4, 0.5) is 5.82 Å². The van der Waals surface area contributed by atoms with Crippen LogP contribution in [-0.4, -0.2) is 48.1 Å². The molecule has 4 heterocycles. The van der Waals surface area contributed by atoms with Crippen LogP contribution in [0.3, 0.4) is 0 Å². The monoisotopic (exact) mass is 359 g/mol. The van der Waals surface area contributed by atoms with Crippen LogP contribution in [0.1, 0.15) is 26.2 Å². The Kier molecular flexibility index (Phi) is 4.85. The molecule has 6 nitrogen and oxygen atoms in total. The van der Waals surface area contributed by atoms with Gasteiger partial charge in [-0.25, -0.2) is 9.97 Å². The van der Waals surface area contributed by atoms with Crippen LogP contribution in [0, 0.1) is 11.8 Å². The molecule has 2 aromatic rings. The first kappa shape index (κ1) is 16.7. The van der Waals surface area contributed by atoms with E-state index in [0.29, 0.717) is 5.92 Å². The van der Waals surface area contributed by atoms with Gasteiger partial charge < -0.3 is 15.5 Å². The Bertz CT molecular complexity index is 748. The molecular weight excluding hydrogens is 334 g/mol. The summed E-state index contributed by atoms with van der Waals surface area (Å²) in [6.07, 6.45) is 4.73. The third kappa shape index (κ3) is 3.48. The van der Waals surface area contributed by atoms with Gasteiger partial charge in [0.25, 0.3) is 0 Å². The van der Waals surface area contributed by atoms with Crippen molar-refractivity contribution in [3.63, 3.8) is 0 Å². The summed E-state index contributed by atoms with van der Waals surface area (Å²) < 4.78 is 0. The van der Waals surface area contributed by atoms with E-state index in [-0.39, 0.29) is 17.9 Å². The van der Waals surface area contributed by atoms with Crippen molar-refractivity contribution < 1.29 is 4.79 Å². The number of hydrogen-bond donors (Lipinski definition) is 2. The quantitative estimate of drug-likeness (QED) is 0.877. The zero-order chi connectivity index (χ0) is 17.2. The molecule has 2 aliphatic heterocycles. The summed E-state index contributed by atoms with van der Waals surface area (Å²) in [4.78, 5) is 24.9. The fourth-order valence-corrected chi connectivity index (χ4v) is 4.62. The fourth-order valence-electron chi connectivity index (χ4n) is 3.90. The first-order valence-electron chi connectivity index (χ1n) is 9.16. The highest BCUT2D eigenvalue weighted by Crippen LogP contribution is 2.30. The lowest BCUT2D eigenvalue weighted by molar-refractivity contribution is -0.126. The molecule has 7 heteroatoms. The first-order chi connectivity index (χ1) is 12.2. The van der Waals surface area contributed by atoms with Crippen LogP contribution in [-0.2, 0) is 4.79 Å². The highest BCUT2D eigenvalue weighted by atomic mass is 32.1. The fraction of sp³-hybridized carbons (Fsp3) is 0.611. The summed E-state index contributed by atoms with van der Waals surface area (Å²) >= 11 is 1.63. The molecule has 4 rings (SSSR count). The van der Waals surface area contributed by atoms with Crippen molar-refractivity contribution in [2.24, 2.45) is 11.8 Å². The van der Waals surface area contributed by atoms with Gasteiger partial charge in [-0.05, 0) is 43.2 Å². The molecule has 1 amide bonds. The third-order valence-corrected chi connectivity index (χ3v) is 6.31. The number of hydrogen-bond acceptors (Lipinski definition) is 6. The van der Waals surface area contributed by atoms with Crippen molar-refractivity contribution in [1.29, 1.82) is 0 Å². The molecule has 2 aliphatic rings. The maximum absolute atomic E-state index is 12.8. The van der Waals surface area contributed by atoms with Gasteiger partial charge >= 0.3 is 0 Å². The van der Waals surface area contributed by atoms with Crippen LogP contribution in [0.2, 0.25) is 0 Å². The molecule has 3 unspecified atom stereocenters. The van der Waals surface area contributed by atoms with Crippen LogP contribution in [0.15, 0.2) is 17.8 Å². The molecule has 134 valence electrons. The molecule has 0 saturated carbocycles. The summed E-state index contributed by atoms with van der Waals surface area (Å²) in [6.45, 7) is 5.85. The Hall–Kier alpha value is -1.73. The molecule has 3 atom stereocenters. The lowest BCUT2D eigenvalue weighted by atomic mass is 9.92. The molecule has 0 bridgehead atoms. The van der Waals surface area contributed by atoms with Gasteiger partial charge in [-0.3, -0.25) is 4.79 Å². The minimum Gasteiger partial charge on any atom is -0.355 e. The van der Waals surface area contributed by atoms with E-state index in [0.717, 1.165) is 61.5 Å². The van der Waals surface area contributed by atoms with E-state index in [4.69, 9.17) is 0 Å². The Labute approximate surface area is 152 Å². The van der Waals surface area contributed by atoms with Crippen LogP contribution in [0.5, 0.6) is 0 Å². The van der Waals surface area contributed by atoms with Crippen molar-refractivity contribution >= 4 is 33.3 Å². The molecule has 0 spiro atoms. The van der Waals surface area contributed by atoms with E-state index < -0.39 is 0 Å². The van der Waals surface area contributed by atoms with E-state index in [1.807, 2.05) is 0 Å². The zero-order valence-corrected chi connectivity index (χ0v) is 15.4. The average Bonchev–Trinajstić information content (AvgIpc) is 3.12. The predicted octanol–water partition coefficient (Wildman–Crippen LogP) is 2.02. The lowest BCUT2D eigenvalue weighted by Gasteiger charge is -2.35. The normalized spacial score (nSPS) is 27.4. The predicted molar refractivity (Wildman–Crippen MR) is 101 cm³/mol. The van der Waals surface area contributed by atoms with E-state index in [2.05, 4.69) is 43.9 Å². The van der Waals surface area contributed by atoms with E-state index in [1.54, 1.807) is 17.7 Å². The lowest BCUT2D eigenvalue weighted by Crippen LogP contribution is -2.53. The van der Waals surface area contributed by atoms with E-state index in [9.17, 15) is 4.79 Å². The van der Waals surface area contributed by atoms with Crippen LogP contribution < -0.4 is 15.5 Å². The van der Waals surface area contributed by atoms with E-state index in [1.165, 1.54) is 0 Å². The molecular formula is C18H25N5OS. The van der Waals surface area contributed by atoms with Crippen LogP contribution >= 0.6 is 11.3 Å². The van der Waals surface area contributed by atoms with E-state index >= 15 is 0 Å². The van der Waals surface area contributed by atoms with Crippen LogP contribution in [0.25, 0.3) is 10.2 Å². The molecule has 2 N–H and O–H groups in total. The summed E-state index contributed by atoms with van der Waals surface area (Å²) in [5.41, 5.74) is 0. The molecule has 2 fully saturated rings. The highest BCUT2D eigenvalue weighted by Gasteiger charge is 2.30. The zero-order valence-electron chi connectivity index (χ0n) is 14.6. The maximum Gasteiger partial charge on any atom is 0.225 e. The minimum absolute atomic E-state index is 0.0338. The van der Waals surface area contributed by atoms with Crippen molar-refractivity contribution in [1.82, 2.24) is 20.6 Å². The Morgan fingerprint density at radius 2 is 2.32 bits per heavy atom. The summed E-state index contributed by atoms with van der Waals surface area (Å²) in [5, 5.41) is 9.81. The first-order valence-corrected chi connectivity index (χ1v) is 10.0. The SMILES string of the molecule is CC1CCNCC1NC(=O)C1CCCN(c2ncnc3sccc23)C1. The second-order valence-corrected chi connectivity index (χ2v) is 8.10. The second kappa shape index (κ2) is 7.25. The van der Waals surface area contributed by atoms with Crippen molar-refractivity contribution in [2.75, 3.05) is 31.1 Å². The number of nitrogens with one attached hydrogen (secondary N) is 2. The summed E-state index contributed by atoms with van der Waals surface area (Å²) in [7, 11) is 0. The van der Waals surface area contributed by atoms with Crippen molar-refractivity contribution in [2.45, 2.75) is 32.2 Å². The standard InChI is InChI=1S/C18H25N5OS/c1-12-4-6-19-9-15(12)22-17(24)13-3-2-7-23(10-13)16-14-5-8-25-18(14)21-11-20-16/h5,8,11-13,15,19H,2-4,6-7,9-10H2,1H3,(H,22,24). The van der Waals surface area contributed by atoms with Gasteiger partial charge in [0.05, 0.1) is 11.3 Å². The van der Waals surface area contributed by atoms with Gasteiger partial charge in [-0.2, -0.15) is 0 Å². The number of carbonyl (C=O) groups is 1. The molecule has 25 heavy (non-hydrogen) atoms. The molecule has 2 aromatic heterocycles. The Balaban J connectivity index is 1.45. The molecule has 0 aliphatic carbocycles. The smallest absolute Gasteiger partial charge is 0.225 e. The summed E-state index contributed by atoms with van der Waals surface area (Å²) in [6, 6.07) is 2.33. The number of aromatic nitrogens is 2. The number of carbonyl (C=O) groups excluding carboxylic acids is 1. The number of rotatable bonds is 3. The van der Waals surface area contributed by atoms with Crippen molar-refractivity contribution in [3.8, 4) is 0 Å². The van der Waals surface area contributed by atoms with Gasteiger partial charge in [0, 0.05) is 25.7 Å². The topological polar surface area (TPSA) is 70.2 Å². The van der Waals surface area contributed by atoms with Crippen molar-refractivity contribution in [3.05, 3.63) is 17.8 Å². The third-order valence-electron chi connectivity index (χ3n) is 5.49. The Morgan fingerprint density at radius 3 is 3.20 bits per heavy atom. The number of amides is 1. The minimum atomic E-state index is 0.0338. The summed E-state index contributed by atoms with van der Waals surface area (Å²) in [5.74, 6) is 1.74. The Morgan fingerprint density at radius 1 is 1.40 bits per heavy atom. The number of thiophene rings is 1. The molecule has 2 saturated heterocycles. The largest absolute Gasteiger partial charge is 0.355 e. The highest BCUT2D eigenvalue weighted by molar-refractivity contribution is 7.16. The second-order valence-electron chi connectivity index (χ2n) is 7.21. The number of piperidine rings is 2. The number of anilines is 1. The average molecular weight is 359 g/mol. The molecule has 0 radical (unpaired) electrons.